The summed E-state index contributed by atoms with van der Waals surface area (Å²) in [5.74, 6) is 0.726. The number of rotatable bonds is 5. The van der Waals surface area contributed by atoms with Crippen molar-refractivity contribution in [3.63, 3.8) is 0 Å². The minimum Gasteiger partial charge on any atom is -1.00 e. The van der Waals surface area contributed by atoms with Crippen molar-refractivity contribution >= 4 is 30.0 Å². The van der Waals surface area contributed by atoms with Crippen molar-refractivity contribution in [1.29, 1.82) is 0 Å². The Balaban J connectivity index is 0.000000569. The molecule has 0 aliphatic heterocycles. The number of benzene rings is 2. The molecule has 30 heavy (non-hydrogen) atoms. The molecular formula is C26H29Cl2PZr. The standard InChI is InChI=1S/C16H14P.C10H15.2ClH.Zr/c1-12-6-2-5-9-16(12)17-15-10-13-7-3-4-8-14(13)11-15;1-3-6-9(2)10-7-4-5-8-10;;;/h2-11,17H,1H3;4,7,9H,3,5-6H2,1-2H3;2*1H;/q2*-1;;;+4/p-2. The molecule has 0 amide bonds. The van der Waals surface area contributed by atoms with Gasteiger partial charge in [-0.05, 0) is 24.2 Å². The Morgan fingerprint density at radius 3 is 2.40 bits per heavy atom. The summed E-state index contributed by atoms with van der Waals surface area (Å²) >= 11 is 0. The fourth-order valence-electron chi connectivity index (χ4n) is 3.44. The van der Waals surface area contributed by atoms with Gasteiger partial charge in [0, 0.05) is 0 Å². The molecule has 0 N–H and O–H groups in total. The molecule has 3 aromatic rings. The topological polar surface area (TPSA) is 0 Å². The Labute approximate surface area is 215 Å². The molecule has 0 spiro atoms. The molecule has 0 nitrogen and oxygen atoms in total. The maximum atomic E-state index is 3.35. The molecule has 2 atom stereocenters. The largest absolute Gasteiger partial charge is 4.00 e. The molecule has 1 aliphatic rings. The van der Waals surface area contributed by atoms with E-state index in [-0.39, 0.29) is 51.0 Å². The van der Waals surface area contributed by atoms with Crippen LogP contribution in [0.2, 0.25) is 0 Å². The second kappa shape index (κ2) is 15.3. The summed E-state index contributed by atoms with van der Waals surface area (Å²) < 4.78 is 0. The van der Waals surface area contributed by atoms with E-state index < -0.39 is 0 Å². The van der Waals surface area contributed by atoms with Crippen LogP contribution in [0.5, 0.6) is 0 Å². The molecule has 0 aromatic heterocycles. The quantitative estimate of drug-likeness (QED) is 0.333. The van der Waals surface area contributed by atoms with E-state index in [1.165, 1.54) is 45.4 Å². The van der Waals surface area contributed by atoms with Crippen LogP contribution in [0.25, 0.3) is 10.8 Å². The molecule has 3 aromatic carbocycles. The van der Waals surface area contributed by atoms with Crippen molar-refractivity contribution < 1.29 is 51.0 Å². The summed E-state index contributed by atoms with van der Waals surface area (Å²) in [5, 5.41) is 5.58. The minimum absolute atomic E-state index is 0. The van der Waals surface area contributed by atoms with E-state index >= 15 is 0 Å². The average Bonchev–Trinajstić information content (AvgIpc) is 3.33. The van der Waals surface area contributed by atoms with Crippen LogP contribution in [0.4, 0.5) is 0 Å². The molecule has 2 unspecified atom stereocenters. The molecule has 0 saturated carbocycles. The fourth-order valence-corrected chi connectivity index (χ4v) is 4.67. The number of allylic oxidation sites excluding steroid dienone is 4. The summed E-state index contributed by atoms with van der Waals surface area (Å²) in [5.41, 5.74) is 2.80. The van der Waals surface area contributed by atoms with Crippen molar-refractivity contribution in [1.82, 2.24) is 0 Å². The van der Waals surface area contributed by atoms with E-state index in [9.17, 15) is 0 Å². The Hall–Kier alpha value is -0.577. The van der Waals surface area contributed by atoms with Gasteiger partial charge in [-0.1, -0.05) is 65.1 Å². The monoisotopic (exact) mass is 532 g/mol. The molecular weight excluding hydrogens is 505 g/mol. The van der Waals surface area contributed by atoms with Gasteiger partial charge in [0.1, 0.15) is 0 Å². The van der Waals surface area contributed by atoms with Gasteiger partial charge in [-0.25, -0.2) is 11.6 Å². The Bertz CT molecular complexity index is 910. The molecule has 4 heteroatoms. The van der Waals surface area contributed by atoms with E-state index in [4.69, 9.17) is 0 Å². The first-order valence-electron chi connectivity index (χ1n) is 9.92. The summed E-state index contributed by atoms with van der Waals surface area (Å²) in [7, 11) is 0.759. The van der Waals surface area contributed by atoms with Crippen molar-refractivity contribution in [3.8, 4) is 0 Å². The molecule has 0 saturated heterocycles. The van der Waals surface area contributed by atoms with Gasteiger partial charge in [0.2, 0.25) is 0 Å². The van der Waals surface area contributed by atoms with Crippen molar-refractivity contribution in [2.24, 2.45) is 5.92 Å². The smallest absolute Gasteiger partial charge is 1.00 e. The van der Waals surface area contributed by atoms with Gasteiger partial charge in [-0.2, -0.15) is 12.1 Å². The van der Waals surface area contributed by atoms with Gasteiger partial charge < -0.3 is 24.8 Å². The Morgan fingerprint density at radius 2 is 1.77 bits per heavy atom. The van der Waals surface area contributed by atoms with E-state index in [1.807, 2.05) is 0 Å². The second-order valence-corrected chi connectivity index (χ2v) is 8.61. The van der Waals surface area contributed by atoms with Gasteiger partial charge >= 0.3 is 26.2 Å². The SMILES string of the molecule is CCCC(C)C1=[C-]CC=C1.Cc1ccccc1Pc1cc2ccccc2[cH-]1.[Cl-].[Cl-].[Zr+4]. The Kier molecular flexibility index (Phi) is 15.0. The summed E-state index contributed by atoms with van der Waals surface area (Å²) in [6, 6.07) is 21.8. The van der Waals surface area contributed by atoms with Crippen molar-refractivity contribution in [2.75, 3.05) is 0 Å². The minimum atomic E-state index is 0. The summed E-state index contributed by atoms with van der Waals surface area (Å²) in [4.78, 5) is 0. The van der Waals surface area contributed by atoms with Crippen LogP contribution in [0, 0.1) is 18.9 Å². The van der Waals surface area contributed by atoms with Gasteiger partial charge in [-0.3, -0.25) is 6.08 Å². The third-order valence-corrected chi connectivity index (χ3v) is 6.42. The third kappa shape index (κ3) is 8.51. The van der Waals surface area contributed by atoms with E-state index in [0.717, 1.165) is 20.9 Å². The Morgan fingerprint density at radius 1 is 1.07 bits per heavy atom. The number of aryl methyl sites for hydroxylation is 1. The molecule has 1 aliphatic carbocycles. The van der Waals surface area contributed by atoms with E-state index in [2.05, 4.69) is 99.7 Å². The predicted molar refractivity (Wildman–Crippen MR) is 123 cm³/mol. The molecule has 0 heterocycles. The number of fused-ring (bicyclic) bond motifs is 1. The first-order valence-corrected chi connectivity index (χ1v) is 10.9. The first-order chi connectivity index (χ1) is 13.2. The third-order valence-electron chi connectivity index (χ3n) is 5.02. The number of hydrogen-bond donors (Lipinski definition) is 0. The molecule has 4 rings (SSSR count). The summed E-state index contributed by atoms with van der Waals surface area (Å²) in [6.07, 6.45) is 11.3. The molecule has 0 fully saturated rings. The van der Waals surface area contributed by atoms with Crippen LogP contribution in [0.15, 0.2) is 78.4 Å². The first kappa shape index (κ1) is 29.4. The van der Waals surface area contributed by atoms with Crippen LogP contribution in [0.3, 0.4) is 0 Å². The van der Waals surface area contributed by atoms with Gasteiger partial charge in [0.25, 0.3) is 0 Å². The second-order valence-electron chi connectivity index (χ2n) is 7.24. The predicted octanol–water partition coefficient (Wildman–Crippen LogP) is 0.614. The zero-order valence-corrected chi connectivity index (χ0v) is 22.9. The van der Waals surface area contributed by atoms with Gasteiger partial charge in [0.15, 0.2) is 0 Å². The van der Waals surface area contributed by atoms with Crippen LogP contribution >= 0.6 is 8.58 Å². The molecule has 156 valence electrons. The number of hydrogen-bond acceptors (Lipinski definition) is 0. The maximum absolute atomic E-state index is 3.35. The van der Waals surface area contributed by atoms with Gasteiger partial charge in [-0.15, -0.1) is 46.8 Å². The fraction of sp³-hybridized carbons (Fsp3) is 0.269. The van der Waals surface area contributed by atoms with Gasteiger partial charge in [0.05, 0.1) is 0 Å². The zero-order valence-electron chi connectivity index (χ0n) is 17.9. The van der Waals surface area contributed by atoms with Crippen LogP contribution in [0.1, 0.15) is 38.7 Å². The van der Waals surface area contributed by atoms with Crippen LogP contribution < -0.4 is 35.4 Å². The molecule has 0 bridgehead atoms. The zero-order chi connectivity index (χ0) is 19.1. The van der Waals surface area contributed by atoms with Crippen molar-refractivity contribution in [3.05, 3.63) is 90.0 Å². The molecule has 0 radical (unpaired) electrons. The van der Waals surface area contributed by atoms with Crippen LogP contribution in [-0.2, 0) is 26.2 Å². The number of halogens is 2. The average molecular weight is 535 g/mol. The van der Waals surface area contributed by atoms with Crippen LogP contribution in [-0.4, -0.2) is 0 Å². The maximum Gasteiger partial charge on any atom is 4.00 e. The summed E-state index contributed by atoms with van der Waals surface area (Å²) in [6.45, 7) is 6.70. The van der Waals surface area contributed by atoms with Crippen molar-refractivity contribution in [2.45, 2.75) is 40.0 Å². The van der Waals surface area contributed by atoms with E-state index in [1.54, 1.807) is 0 Å². The van der Waals surface area contributed by atoms with E-state index in [0.29, 0.717) is 0 Å². The normalized spacial score (nSPS) is 13.0.